The SMILES string of the molecule is O=C(CN1CCOC[C@@H]1[C@H]1CCC[C@H]1O)Nc1ccc(Cl)cn1. The van der Waals surface area contributed by atoms with Gasteiger partial charge in [0.15, 0.2) is 0 Å². The molecule has 1 aromatic heterocycles. The second-order valence-corrected chi connectivity index (χ2v) is 6.62. The largest absolute Gasteiger partial charge is 0.393 e. The normalized spacial score (nSPS) is 28.7. The number of rotatable bonds is 4. The first-order valence-corrected chi connectivity index (χ1v) is 8.42. The number of carbonyl (C=O) groups excluding carboxylic acids is 1. The molecule has 0 radical (unpaired) electrons. The van der Waals surface area contributed by atoms with Gasteiger partial charge in [0, 0.05) is 24.7 Å². The predicted molar refractivity (Wildman–Crippen MR) is 87.4 cm³/mol. The van der Waals surface area contributed by atoms with Crippen molar-refractivity contribution in [3.63, 3.8) is 0 Å². The molecule has 2 fully saturated rings. The molecule has 0 bridgehead atoms. The Kier molecular flexibility index (Phi) is 5.48. The minimum absolute atomic E-state index is 0.102. The van der Waals surface area contributed by atoms with Crippen LogP contribution in [0.15, 0.2) is 18.3 Å². The van der Waals surface area contributed by atoms with Crippen LogP contribution in [-0.2, 0) is 9.53 Å². The van der Waals surface area contributed by atoms with Crippen molar-refractivity contribution in [1.29, 1.82) is 0 Å². The van der Waals surface area contributed by atoms with E-state index in [0.717, 1.165) is 19.3 Å². The molecular weight excluding hydrogens is 318 g/mol. The van der Waals surface area contributed by atoms with Crippen molar-refractivity contribution in [2.75, 3.05) is 31.6 Å². The number of anilines is 1. The fourth-order valence-corrected chi connectivity index (χ4v) is 3.59. The lowest BCUT2D eigenvalue weighted by Gasteiger charge is -2.39. The Hall–Kier alpha value is -1.21. The number of amides is 1. The van der Waals surface area contributed by atoms with E-state index in [2.05, 4.69) is 15.2 Å². The zero-order chi connectivity index (χ0) is 16.2. The molecule has 23 heavy (non-hydrogen) atoms. The summed E-state index contributed by atoms with van der Waals surface area (Å²) in [5.74, 6) is 0.570. The van der Waals surface area contributed by atoms with Gasteiger partial charge in [-0.15, -0.1) is 0 Å². The molecule has 2 aliphatic rings. The Balaban J connectivity index is 1.60. The molecule has 2 N–H and O–H groups in total. The molecule has 1 aliphatic carbocycles. The number of pyridine rings is 1. The van der Waals surface area contributed by atoms with Gasteiger partial charge in [-0.05, 0) is 25.0 Å². The number of aliphatic hydroxyl groups excluding tert-OH is 1. The third-order valence-corrected chi connectivity index (χ3v) is 4.87. The lowest BCUT2D eigenvalue weighted by atomic mass is 9.94. The lowest BCUT2D eigenvalue weighted by Crippen LogP contribution is -2.53. The number of aliphatic hydroxyl groups is 1. The van der Waals surface area contributed by atoms with E-state index in [9.17, 15) is 9.90 Å². The minimum atomic E-state index is -0.287. The molecule has 1 aliphatic heterocycles. The quantitative estimate of drug-likeness (QED) is 0.870. The fourth-order valence-electron chi connectivity index (χ4n) is 3.48. The molecular formula is C16H22ClN3O3. The molecule has 0 aromatic carbocycles. The van der Waals surface area contributed by atoms with Gasteiger partial charge >= 0.3 is 0 Å². The van der Waals surface area contributed by atoms with Crippen molar-refractivity contribution < 1.29 is 14.6 Å². The summed E-state index contributed by atoms with van der Waals surface area (Å²) in [5, 5.41) is 13.5. The Labute approximate surface area is 140 Å². The summed E-state index contributed by atoms with van der Waals surface area (Å²) in [7, 11) is 0. The standard InChI is InChI=1S/C16H22ClN3O3/c17-11-4-5-15(18-8-11)19-16(22)9-20-6-7-23-10-13(20)12-2-1-3-14(12)21/h4-5,8,12-14,21H,1-3,6-7,9-10H2,(H,18,19,22)/t12-,13-,14-/m1/s1. The number of carbonyl (C=O) groups is 1. The number of halogens is 1. The lowest BCUT2D eigenvalue weighted by molar-refractivity contribution is -0.121. The summed E-state index contributed by atoms with van der Waals surface area (Å²) < 4.78 is 5.57. The number of hydrogen-bond donors (Lipinski definition) is 2. The predicted octanol–water partition coefficient (Wildman–Crippen LogP) is 1.54. The fraction of sp³-hybridized carbons (Fsp3) is 0.625. The minimum Gasteiger partial charge on any atom is -0.393 e. The zero-order valence-electron chi connectivity index (χ0n) is 12.9. The molecule has 1 saturated heterocycles. The van der Waals surface area contributed by atoms with E-state index in [4.69, 9.17) is 16.3 Å². The van der Waals surface area contributed by atoms with Crippen LogP contribution in [-0.4, -0.2) is 59.3 Å². The molecule has 1 aromatic rings. The molecule has 0 unspecified atom stereocenters. The highest BCUT2D eigenvalue weighted by atomic mass is 35.5. The third kappa shape index (κ3) is 4.20. The van der Waals surface area contributed by atoms with Crippen LogP contribution in [0.3, 0.4) is 0 Å². The highest BCUT2D eigenvalue weighted by Crippen LogP contribution is 2.32. The van der Waals surface area contributed by atoms with Crippen molar-refractivity contribution in [3.05, 3.63) is 23.4 Å². The molecule has 1 amide bonds. The van der Waals surface area contributed by atoms with Crippen LogP contribution < -0.4 is 5.32 Å². The second-order valence-electron chi connectivity index (χ2n) is 6.18. The van der Waals surface area contributed by atoms with Gasteiger partial charge in [0.25, 0.3) is 0 Å². The van der Waals surface area contributed by atoms with Crippen LogP contribution in [0.1, 0.15) is 19.3 Å². The Morgan fingerprint density at radius 1 is 1.48 bits per heavy atom. The van der Waals surface area contributed by atoms with Crippen molar-refractivity contribution in [1.82, 2.24) is 9.88 Å². The molecule has 3 atom stereocenters. The van der Waals surface area contributed by atoms with E-state index in [1.807, 2.05) is 0 Å². The summed E-state index contributed by atoms with van der Waals surface area (Å²) >= 11 is 5.79. The van der Waals surface area contributed by atoms with E-state index in [1.54, 1.807) is 12.1 Å². The molecule has 7 heteroatoms. The van der Waals surface area contributed by atoms with Crippen LogP contribution in [0, 0.1) is 5.92 Å². The third-order valence-electron chi connectivity index (χ3n) is 4.65. The first-order chi connectivity index (χ1) is 11.1. The summed E-state index contributed by atoms with van der Waals surface area (Å²) in [5.41, 5.74) is 0. The van der Waals surface area contributed by atoms with E-state index >= 15 is 0 Å². The molecule has 2 heterocycles. The van der Waals surface area contributed by atoms with E-state index < -0.39 is 0 Å². The first-order valence-electron chi connectivity index (χ1n) is 8.05. The van der Waals surface area contributed by atoms with Gasteiger partial charge in [-0.25, -0.2) is 4.98 Å². The van der Waals surface area contributed by atoms with Crippen LogP contribution in [0.4, 0.5) is 5.82 Å². The van der Waals surface area contributed by atoms with Crippen LogP contribution in [0.25, 0.3) is 0 Å². The van der Waals surface area contributed by atoms with Crippen molar-refractivity contribution in [2.24, 2.45) is 5.92 Å². The van der Waals surface area contributed by atoms with E-state index in [-0.39, 0.29) is 30.5 Å². The molecule has 1 saturated carbocycles. The average Bonchev–Trinajstić information content (AvgIpc) is 2.96. The highest BCUT2D eigenvalue weighted by Gasteiger charge is 2.38. The van der Waals surface area contributed by atoms with Gasteiger partial charge in [0.05, 0.1) is 30.9 Å². The molecule has 0 spiro atoms. The monoisotopic (exact) mass is 339 g/mol. The maximum atomic E-state index is 12.3. The van der Waals surface area contributed by atoms with Crippen molar-refractivity contribution >= 4 is 23.3 Å². The number of aromatic nitrogens is 1. The maximum Gasteiger partial charge on any atom is 0.239 e. The van der Waals surface area contributed by atoms with E-state index in [1.165, 1.54) is 6.20 Å². The van der Waals surface area contributed by atoms with Crippen molar-refractivity contribution in [3.8, 4) is 0 Å². The smallest absolute Gasteiger partial charge is 0.239 e. The topological polar surface area (TPSA) is 74.7 Å². The molecule has 6 nitrogen and oxygen atoms in total. The average molecular weight is 340 g/mol. The number of nitrogens with one attached hydrogen (secondary N) is 1. The van der Waals surface area contributed by atoms with Gasteiger partial charge in [0.2, 0.25) is 5.91 Å². The van der Waals surface area contributed by atoms with Crippen LogP contribution >= 0.6 is 11.6 Å². The summed E-state index contributed by atoms with van der Waals surface area (Å²) in [6.07, 6.45) is 4.09. The first kappa shape index (κ1) is 16.6. The number of hydrogen-bond acceptors (Lipinski definition) is 5. The van der Waals surface area contributed by atoms with Crippen LogP contribution in [0.2, 0.25) is 5.02 Å². The highest BCUT2D eigenvalue weighted by molar-refractivity contribution is 6.30. The van der Waals surface area contributed by atoms with Gasteiger partial charge < -0.3 is 15.2 Å². The second kappa shape index (κ2) is 7.57. The number of ether oxygens (including phenoxy) is 1. The summed E-state index contributed by atoms with van der Waals surface area (Å²) in [6, 6.07) is 3.47. The van der Waals surface area contributed by atoms with E-state index in [0.29, 0.717) is 30.6 Å². The van der Waals surface area contributed by atoms with Gasteiger partial charge in [-0.2, -0.15) is 0 Å². The number of morpholine rings is 1. The van der Waals surface area contributed by atoms with Gasteiger partial charge in [0.1, 0.15) is 5.82 Å². The summed E-state index contributed by atoms with van der Waals surface area (Å²) in [6.45, 7) is 2.18. The molecule has 126 valence electrons. The van der Waals surface area contributed by atoms with Crippen LogP contribution in [0.5, 0.6) is 0 Å². The van der Waals surface area contributed by atoms with Gasteiger partial charge in [-0.3, -0.25) is 9.69 Å². The Bertz CT molecular complexity index is 540. The van der Waals surface area contributed by atoms with Crippen molar-refractivity contribution in [2.45, 2.75) is 31.4 Å². The molecule has 3 rings (SSSR count). The number of nitrogens with zero attached hydrogens (tertiary/aromatic N) is 2. The van der Waals surface area contributed by atoms with Gasteiger partial charge in [-0.1, -0.05) is 18.0 Å². The zero-order valence-corrected chi connectivity index (χ0v) is 13.7. The maximum absolute atomic E-state index is 12.3. The summed E-state index contributed by atoms with van der Waals surface area (Å²) in [4.78, 5) is 18.5. The Morgan fingerprint density at radius 2 is 2.35 bits per heavy atom. The Morgan fingerprint density at radius 3 is 3.04 bits per heavy atom.